The Morgan fingerprint density at radius 1 is 0.985 bits per heavy atom. The molecular weight excluding hydrogens is 867 g/mol. The minimum absolute atomic E-state index is 0.0548. The number of carbonyl (C=O) groups excluding carboxylic acids is 2. The number of likely N-dealkylation sites (N-methyl/N-ethyl adjacent to an activating group) is 1. The maximum atomic E-state index is 14.4. The molecule has 2 saturated heterocycles. The maximum Gasteiger partial charge on any atom is 0.308 e. The van der Waals surface area contributed by atoms with Crippen LogP contribution in [0.4, 0.5) is 0 Å². The zero-order valence-corrected chi connectivity index (χ0v) is 40.7. The Hall–Kier alpha value is -3.64. The normalized spacial score (nSPS) is 38.3. The number of aliphatic hydroxyl groups excluding tert-OH is 3. The van der Waals surface area contributed by atoms with Crippen LogP contribution in [0.5, 0.6) is 0 Å². The van der Waals surface area contributed by atoms with Crippen molar-refractivity contribution < 1.29 is 67.6 Å². The number of esters is 1. The van der Waals surface area contributed by atoms with Gasteiger partial charge in [-0.2, -0.15) is 0 Å². The van der Waals surface area contributed by atoms with Gasteiger partial charge in [-0.25, -0.2) is 4.98 Å². The lowest BCUT2D eigenvalue weighted by Crippen LogP contribution is -2.63. The Morgan fingerprint density at radius 3 is 2.42 bits per heavy atom. The van der Waals surface area contributed by atoms with Crippen molar-refractivity contribution in [3.05, 3.63) is 53.4 Å². The van der Waals surface area contributed by atoms with Crippen LogP contribution in [0.2, 0.25) is 0 Å². The fraction of sp³-hybridized carbons (Fsp3) is 0.720. The second-order valence-corrected chi connectivity index (χ2v) is 18.7. The van der Waals surface area contributed by atoms with Crippen molar-refractivity contribution in [3.63, 3.8) is 0 Å². The number of carbonyl (C=O) groups is 2. The molecule has 17 nitrogen and oxygen atoms in total. The number of oxime groups is 1. The smallest absolute Gasteiger partial charge is 0.308 e. The molecule has 3 aliphatic heterocycles. The highest BCUT2D eigenvalue weighted by Crippen LogP contribution is 2.36. The first-order chi connectivity index (χ1) is 32.1. The van der Waals surface area contributed by atoms with E-state index in [0.717, 1.165) is 11.1 Å². The molecule has 4 aliphatic rings. The van der Waals surface area contributed by atoms with Gasteiger partial charge in [-0.1, -0.05) is 55.6 Å². The summed E-state index contributed by atoms with van der Waals surface area (Å²) in [6, 6.07) is 2.81. The van der Waals surface area contributed by atoms with Gasteiger partial charge in [-0.05, 0) is 78.1 Å². The van der Waals surface area contributed by atoms with Crippen molar-refractivity contribution >= 4 is 17.5 Å². The van der Waals surface area contributed by atoms with Gasteiger partial charge < -0.3 is 63.0 Å². The molecule has 1 aliphatic carbocycles. The molecule has 0 amide bonds. The van der Waals surface area contributed by atoms with Gasteiger partial charge in [-0.3, -0.25) is 9.59 Å². The third kappa shape index (κ3) is 14.9. The van der Waals surface area contributed by atoms with E-state index in [1.165, 1.54) is 7.11 Å². The Balaban J connectivity index is 1.50. The van der Waals surface area contributed by atoms with Gasteiger partial charge in [-0.15, -0.1) is 6.42 Å². The standard InChI is InChI=1S/C50H75N3O14/c1-11-36-15-14-33(24-51-36)25-64-52-37-27-61-20-19-34-22-30(4)38(54)16-13-29(3)21-35(26-62-41-18-17-39(55)48(59-9)49(41)60-10)40(12-2)66-43(56)23-42(63-28-37)31(5)47(34)67-50-46(58)44(53(7)8)45(57)32(6)65-50/h1,13-16,21,24,30-32,34-35,39-42,44-50,55,57-58H,12,17-20,22-23,25-28H2,2-10H3/b16-13+,29-21+,52-37+/t30-,31+,32-,34?,35-,39-,40-,41-,42-,44+,45-,46-,47-,48-,49+,50+/m1/s1. The molecule has 16 atom stereocenters. The molecule has 67 heavy (non-hydrogen) atoms. The molecule has 0 spiro atoms. The summed E-state index contributed by atoms with van der Waals surface area (Å²) in [7, 11) is 6.64. The molecule has 3 N–H and O–H groups in total. The third-order valence-corrected chi connectivity index (χ3v) is 13.6. The van der Waals surface area contributed by atoms with E-state index in [2.05, 4.69) is 16.1 Å². The van der Waals surface area contributed by atoms with Crippen LogP contribution in [0.25, 0.3) is 0 Å². The summed E-state index contributed by atoms with van der Waals surface area (Å²) in [5.74, 6) is 0.0481. The highest BCUT2D eigenvalue weighted by atomic mass is 16.7. The van der Waals surface area contributed by atoms with Gasteiger partial charge in [0.25, 0.3) is 0 Å². The second kappa shape index (κ2) is 26.4. The lowest BCUT2D eigenvalue weighted by molar-refractivity contribution is -0.305. The van der Waals surface area contributed by atoms with Crippen LogP contribution >= 0.6 is 0 Å². The van der Waals surface area contributed by atoms with Crippen LogP contribution in [0.3, 0.4) is 0 Å². The number of cyclic esters (lactones) is 1. The molecule has 374 valence electrons. The van der Waals surface area contributed by atoms with Crippen molar-refractivity contribution in [2.75, 3.05) is 54.7 Å². The van der Waals surface area contributed by atoms with Crippen molar-refractivity contribution in [1.29, 1.82) is 0 Å². The third-order valence-electron chi connectivity index (χ3n) is 13.6. The number of pyridine rings is 1. The molecule has 4 heterocycles. The van der Waals surface area contributed by atoms with E-state index in [1.54, 1.807) is 63.5 Å². The number of ether oxygens (including phenoxy) is 8. The number of methoxy groups -OCH3 is 2. The molecule has 2 bridgehead atoms. The quantitative estimate of drug-likeness (QED) is 0.155. The first-order valence-electron chi connectivity index (χ1n) is 23.7. The summed E-state index contributed by atoms with van der Waals surface area (Å²) < 4.78 is 50.2. The zero-order chi connectivity index (χ0) is 48.8. The molecule has 3 fully saturated rings. The van der Waals surface area contributed by atoms with E-state index in [4.69, 9.17) is 49.2 Å². The Bertz CT molecular complexity index is 1850. The van der Waals surface area contributed by atoms with Crippen LogP contribution in [0.15, 0.2) is 47.3 Å². The Kier molecular flexibility index (Phi) is 21.4. The van der Waals surface area contributed by atoms with Crippen molar-refractivity contribution in [1.82, 2.24) is 9.88 Å². The summed E-state index contributed by atoms with van der Waals surface area (Å²) in [5.41, 5.74) is 2.46. The number of hydrogen-bond acceptors (Lipinski definition) is 17. The highest BCUT2D eigenvalue weighted by molar-refractivity contribution is 5.91. The number of fused-ring (bicyclic) bond motifs is 3. The molecule has 1 aromatic heterocycles. The number of rotatable bonds is 12. The van der Waals surface area contributed by atoms with Gasteiger partial charge in [0.05, 0.1) is 68.9 Å². The Morgan fingerprint density at radius 2 is 1.75 bits per heavy atom. The second-order valence-electron chi connectivity index (χ2n) is 18.7. The van der Waals surface area contributed by atoms with Crippen molar-refractivity contribution in [3.8, 4) is 12.3 Å². The summed E-state index contributed by atoms with van der Waals surface area (Å²) in [5, 5.41) is 37.8. The zero-order valence-electron chi connectivity index (χ0n) is 40.7. The van der Waals surface area contributed by atoms with Crippen LogP contribution in [0.1, 0.15) is 84.4 Å². The molecule has 0 aromatic carbocycles. The largest absolute Gasteiger partial charge is 0.462 e. The number of terminal acetylenes is 1. The van der Waals surface area contributed by atoms with Crippen LogP contribution in [-0.4, -0.2) is 171 Å². The van der Waals surface area contributed by atoms with Gasteiger partial charge in [0.2, 0.25) is 0 Å². The minimum Gasteiger partial charge on any atom is -0.462 e. The van der Waals surface area contributed by atoms with Gasteiger partial charge in [0.1, 0.15) is 42.4 Å². The number of nitrogens with zero attached hydrogens (tertiary/aromatic N) is 3. The van der Waals surface area contributed by atoms with Crippen molar-refractivity contribution in [2.45, 2.75) is 153 Å². The fourth-order valence-electron chi connectivity index (χ4n) is 9.64. The maximum absolute atomic E-state index is 14.4. The summed E-state index contributed by atoms with van der Waals surface area (Å²) >= 11 is 0. The molecule has 17 heteroatoms. The number of allylic oxidation sites excluding steroid dienone is 3. The first-order valence-corrected chi connectivity index (χ1v) is 23.7. The van der Waals surface area contributed by atoms with E-state index in [0.29, 0.717) is 43.5 Å². The first kappa shape index (κ1) is 54.3. The molecule has 1 saturated carbocycles. The van der Waals surface area contributed by atoms with Gasteiger partial charge >= 0.3 is 5.97 Å². The molecule has 1 unspecified atom stereocenters. The average Bonchev–Trinajstić information content (AvgIpc) is 3.33. The summed E-state index contributed by atoms with van der Waals surface area (Å²) in [6.45, 7) is 9.84. The summed E-state index contributed by atoms with van der Waals surface area (Å²) in [6.07, 6.45) is 5.91. The van der Waals surface area contributed by atoms with Crippen molar-refractivity contribution in [2.24, 2.45) is 28.8 Å². The highest BCUT2D eigenvalue weighted by Gasteiger charge is 2.48. The predicted octanol–water partition coefficient (Wildman–Crippen LogP) is 3.78. The van der Waals surface area contributed by atoms with Gasteiger partial charge in [0.15, 0.2) is 12.1 Å². The molecule has 0 radical (unpaired) electrons. The van der Waals surface area contributed by atoms with Crippen LogP contribution in [-0.2, 0) is 58.9 Å². The van der Waals surface area contributed by atoms with E-state index in [-0.39, 0.29) is 51.2 Å². The topological polar surface area (TPSA) is 206 Å². The number of aromatic nitrogens is 1. The number of aliphatic hydroxyl groups is 3. The molecule has 1 aromatic rings. The minimum atomic E-state index is -1.25. The lowest BCUT2D eigenvalue weighted by Gasteiger charge is -2.47. The lowest BCUT2D eigenvalue weighted by atomic mass is 9.79. The fourth-order valence-corrected chi connectivity index (χ4v) is 9.64. The number of hydrogen-bond donors (Lipinski definition) is 3. The van der Waals surface area contributed by atoms with E-state index >= 15 is 0 Å². The van der Waals surface area contributed by atoms with E-state index in [1.807, 2.05) is 33.8 Å². The molecular formula is C50H75N3O14. The monoisotopic (exact) mass is 942 g/mol. The van der Waals surface area contributed by atoms with Gasteiger partial charge in [0, 0.05) is 50.3 Å². The Labute approximate surface area is 396 Å². The van der Waals surface area contributed by atoms with Crippen LogP contribution in [0, 0.1) is 36.0 Å². The summed E-state index contributed by atoms with van der Waals surface area (Å²) in [4.78, 5) is 40.1. The SMILES string of the molecule is C#Cc1ccc(CO/N=C2\COCCC3C[C@@H](C)C(=O)/C=C/C(C)=C/[C@H](CO[C@@H]4CC[C@@H](O)[C@@H](OC)[C@H]4OC)[C@@H](CC)OC(=O)C[C@@H](OC2)[C@H](C)[C@H]3O[C@@H]2O[C@H](C)[C@@H](O)[C@H](N(C)C)[C@H]2O)cn1. The van der Waals surface area contributed by atoms with Crippen LogP contribution < -0.4 is 0 Å². The van der Waals surface area contributed by atoms with E-state index < -0.39 is 97.1 Å². The number of ketones is 1. The molecule has 5 rings (SSSR count). The van der Waals surface area contributed by atoms with E-state index in [9.17, 15) is 24.9 Å². The predicted molar refractivity (Wildman–Crippen MR) is 247 cm³/mol. The average molecular weight is 942 g/mol.